The molecule has 1 aromatic carbocycles. The number of ether oxygens (including phenoxy) is 1. The van der Waals surface area contributed by atoms with Crippen LogP contribution < -0.4 is 0 Å². The van der Waals surface area contributed by atoms with Crippen molar-refractivity contribution in [3.05, 3.63) is 46.3 Å². The molecule has 0 bridgehead atoms. The second-order valence-electron chi connectivity index (χ2n) is 7.41. The monoisotopic (exact) mass is 351 g/mol. The van der Waals surface area contributed by atoms with Crippen molar-refractivity contribution < 1.29 is 14.3 Å². The molecular weight excluding hydrogens is 322 g/mol. The van der Waals surface area contributed by atoms with Gasteiger partial charge in [-0.3, -0.25) is 0 Å². The molecule has 0 radical (unpaired) electrons. The molecule has 0 saturated heterocycles. The lowest BCUT2D eigenvalue weighted by Gasteiger charge is -2.37. The van der Waals surface area contributed by atoms with Gasteiger partial charge in [0.15, 0.2) is 8.32 Å². The highest BCUT2D eigenvalue weighted by Gasteiger charge is 2.38. The molecule has 0 unspecified atom stereocenters. The Bertz CT molecular complexity index is 540. The smallest absolute Gasteiger partial charge is 0.191 e. The number of benzene rings is 1. The van der Waals surface area contributed by atoms with Crippen LogP contribution in [0.4, 0.5) is 0 Å². The van der Waals surface area contributed by atoms with E-state index < -0.39 is 20.5 Å². The summed E-state index contributed by atoms with van der Waals surface area (Å²) < 4.78 is 11.6. The highest BCUT2D eigenvalue weighted by atomic mass is 28.4. The first-order chi connectivity index (χ1) is 11.2. The average Bonchev–Trinajstić information content (AvgIpc) is 2.51. The first-order valence-corrected chi connectivity index (χ1v) is 11.1. The summed E-state index contributed by atoms with van der Waals surface area (Å²) in [5, 5.41) is 14.0. The molecule has 2 atom stereocenters. The largest absolute Gasteiger partial charge is 0.416 e. The van der Waals surface area contributed by atoms with Crippen LogP contribution in [0.5, 0.6) is 0 Å². The maximum absolute atomic E-state index is 10.3. The SMILES string of the molecule is CC(C)(C)[Si](C)(C)OC[C@@H](N=[N+]=[N-])[C@H](O)COCc1ccccc1. The van der Waals surface area contributed by atoms with Crippen LogP contribution in [0.2, 0.25) is 18.1 Å². The molecule has 0 fully saturated rings. The number of rotatable bonds is 9. The van der Waals surface area contributed by atoms with Crippen molar-refractivity contribution in [2.24, 2.45) is 5.11 Å². The van der Waals surface area contributed by atoms with Gasteiger partial charge in [-0.1, -0.05) is 56.2 Å². The zero-order valence-corrected chi connectivity index (χ0v) is 16.3. The summed E-state index contributed by atoms with van der Waals surface area (Å²) in [6.07, 6.45) is -0.894. The van der Waals surface area contributed by atoms with Gasteiger partial charge in [-0.05, 0) is 29.2 Å². The van der Waals surface area contributed by atoms with E-state index >= 15 is 0 Å². The zero-order valence-electron chi connectivity index (χ0n) is 15.3. The zero-order chi connectivity index (χ0) is 18.2. The normalized spacial score (nSPS) is 14.8. The summed E-state index contributed by atoms with van der Waals surface area (Å²) in [5.74, 6) is 0. The Hall–Kier alpha value is -1.37. The van der Waals surface area contributed by atoms with Gasteiger partial charge in [0.05, 0.1) is 25.4 Å². The Labute approximate surface area is 145 Å². The van der Waals surface area contributed by atoms with Gasteiger partial charge in [-0.25, -0.2) is 0 Å². The Morgan fingerprint density at radius 2 is 1.83 bits per heavy atom. The molecule has 0 aliphatic heterocycles. The van der Waals surface area contributed by atoms with E-state index in [1.165, 1.54) is 0 Å². The lowest BCUT2D eigenvalue weighted by molar-refractivity contribution is 0.00728. The maximum atomic E-state index is 10.3. The fourth-order valence-corrected chi connectivity index (χ4v) is 2.80. The second-order valence-corrected chi connectivity index (χ2v) is 12.2. The fourth-order valence-electron chi connectivity index (χ4n) is 1.78. The molecule has 0 aliphatic rings. The maximum Gasteiger partial charge on any atom is 0.191 e. The number of azide groups is 1. The number of aliphatic hydroxyl groups excluding tert-OH is 1. The van der Waals surface area contributed by atoms with Gasteiger partial charge in [0.25, 0.3) is 0 Å². The highest BCUT2D eigenvalue weighted by molar-refractivity contribution is 6.74. The summed E-state index contributed by atoms with van der Waals surface area (Å²) in [5.41, 5.74) is 9.77. The Kier molecular flexibility index (Phi) is 7.92. The topological polar surface area (TPSA) is 87.5 Å². The van der Waals surface area contributed by atoms with Gasteiger partial charge in [0.2, 0.25) is 0 Å². The molecule has 134 valence electrons. The second kappa shape index (κ2) is 9.20. The molecular formula is C17H29N3O3Si. The summed E-state index contributed by atoms with van der Waals surface area (Å²) in [7, 11) is -1.96. The van der Waals surface area contributed by atoms with Crippen LogP contribution in [-0.2, 0) is 15.8 Å². The van der Waals surface area contributed by atoms with Crippen molar-refractivity contribution in [2.75, 3.05) is 13.2 Å². The number of hydrogen-bond acceptors (Lipinski definition) is 4. The summed E-state index contributed by atoms with van der Waals surface area (Å²) in [4.78, 5) is 2.83. The fraction of sp³-hybridized carbons (Fsp3) is 0.647. The number of hydrogen-bond donors (Lipinski definition) is 1. The van der Waals surface area contributed by atoms with Crippen molar-refractivity contribution in [1.29, 1.82) is 0 Å². The van der Waals surface area contributed by atoms with Crippen LogP contribution in [-0.4, -0.2) is 38.8 Å². The predicted molar refractivity (Wildman–Crippen MR) is 98.2 cm³/mol. The minimum absolute atomic E-state index is 0.0582. The molecule has 0 spiro atoms. The lowest BCUT2D eigenvalue weighted by Crippen LogP contribution is -2.44. The number of nitrogens with zero attached hydrogens (tertiary/aromatic N) is 3. The third-order valence-electron chi connectivity index (χ3n) is 4.47. The van der Waals surface area contributed by atoms with Gasteiger partial charge < -0.3 is 14.3 Å². The molecule has 6 nitrogen and oxygen atoms in total. The summed E-state index contributed by atoms with van der Waals surface area (Å²) in [6, 6.07) is 9.07. The minimum atomic E-state index is -1.96. The standard InChI is InChI=1S/C17H29N3O3Si/c1-17(2,3)24(4,5)23-12-15(19-20-18)16(21)13-22-11-14-9-7-6-8-10-14/h6-10,15-16,21H,11-13H2,1-5H3/t15-,16-/m1/s1. The lowest BCUT2D eigenvalue weighted by atomic mass is 10.2. The van der Waals surface area contributed by atoms with E-state index in [9.17, 15) is 5.11 Å². The van der Waals surface area contributed by atoms with E-state index in [1.54, 1.807) is 0 Å². The predicted octanol–water partition coefficient (Wildman–Crippen LogP) is 4.26. The molecule has 0 heterocycles. The minimum Gasteiger partial charge on any atom is -0.416 e. The van der Waals surface area contributed by atoms with Crippen molar-refractivity contribution >= 4 is 8.32 Å². The summed E-state index contributed by atoms with van der Waals surface area (Å²) in [6.45, 7) is 11.4. The quantitative estimate of drug-likeness (QED) is 0.312. The van der Waals surface area contributed by atoms with E-state index in [4.69, 9.17) is 14.7 Å². The van der Waals surface area contributed by atoms with E-state index in [-0.39, 0.29) is 18.3 Å². The van der Waals surface area contributed by atoms with Crippen LogP contribution in [0.3, 0.4) is 0 Å². The molecule has 0 saturated carbocycles. The van der Waals surface area contributed by atoms with Crippen LogP contribution in [0.1, 0.15) is 26.3 Å². The van der Waals surface area contributed by atoms with Crippen molar-refractivity contribution in [3.63, 3.8) is 0 Å². The first kappa shape index (κ1) is 20.7. The molecule has 0 amide bonds. The van der Waals surface area contributed by atoms with E-state index in [0.29, 0.717) is 6.61 Å². The van der Waals surface area contributed by atoms with E-state index in [1.807, 2.05) is 30.3 Å². The van der Waals surface area contributed by atoms with Crippen molar-refractivity contribution in [2.45, 2.75) is 57.7 Å². The molecule has 1 N–H and O–H groups in total. The molecule has 24 heavy (non-hydrogen) atoms. The van der Waals surface area contributed by atoms with Gasteiger partial charge in [-0.15, -0.1) is 0 Å². The van der Waals surface area contributed by atoms with Gasteiger partial charge in [0, 0.05) is 11.5 Å². The van der Waals surface area contributed by atoms with Crippen LogP contribution in [0, 0.1) is 0 Å². The highest BCUT2D eigenvalue weighted by Crippen LogP contribution is 2.36. The van der Waals surface area contributed by atoms with Crippen molar-refractivity contribution in [3.8, 4) is 0 Å². The molecule has 1 rings (SSSR count). The average molecular weight is 352 g/mol. The molecule has 0 aliphatic carbocycles. The Morgan fingerprint density at radius 1 is 1.21 bits per heavy atom. The van der Waals surface area contributed by atoms with Crippen LogP contribution in [0.25, 0.3) is 10.4 Å². The first-order valence-electron chi connectivity index (χ1n) is 8.15. The number of aliphatic hydroxyl groups is 1. The van der Waals surface area contributed by atoms with Crippen LogP contribution in [0.15, 0.2) is 35.4 Å². The van der Waals surface area contributed by atoms with E-state index in [0.717, 1.165) is 5.56 Å². The Morgan fingerprint density at radius 3 is 2.38 bits per heavy atom. The molecule has 7 heteroatoms. The summed E-state index contributed by atoms with van der Waals surface area (Å²) >= 11 is 0. The van der Waals surface area contributed by atoms with Gasteiger partial charge in [0.1, 0.15) is 0 Å². The molecule has 0 aromatic heterocycles. The van der Waals surface area contributed by atoms with Gasteiger partial charge in [-0.2, -0.15) is 0 Å². The van der Waals surface area contributed by atoms with Gasteiger partial charge >= 0.3 is 0 Å². The van der Waals surface area contributed by atoms with E-state index in [2.05, 4.69) is 43.9 Å². The Balaban J connectivity index is 2.53. The third-order valence-corrected chi connectivity index (χ3v) is 8.97. The third kappa shape index (κ3) is 6.63. The van der Waals surface area contributed by atoms with Crippen molar-refractivity contribution in [1.82, 2.24) is 0 Å². The molecule has 1 aromatic rings. The van der Waals surface area contributed by atoms with Crippen LogP contribution >= 0.6 is 0 Å².